The Morgan fingerprint density at radius 3 is 2.58 bits per heavy atom. The number of hydrogen-bond acceptors (Lipinski definition) is 7. The van der Waals surface area contributed by atoms with E-state index in [0.29, 0.717) is 23.9 Å². The number of hydrogen-bond donors (Lipinski definition) is 4. The lowest BCUT2D eigenvalue weighted by Gasteiger charge is -2.23. The third-order valence-corrected chi connectivity index (χ3v) is 2.68. The molecule has 0 radical (unpaired) electrons. The highest BCUT2D eigenvalue weighted by atomic mass is 16.5. The summed E-state index contributed by atoms with van der Waals surface area (Å²) in [7, 11) is 3.10. The smallest absolute Gasteiger partial charge is 0.227 e. The number of aromatic nitrogens is 2. The molecule has 8 nitrogen and oxygen atoms in total. The summed E-state index contributed by atoms with van der Waals surface area (Å²) in [5.41, 5.74) is 1.84. The molecule has 0 fully saturated rings. The maximum absolute atomic E-state index is 11.7. The maximum atomic E-state index is 11.7. The van der Waals surface area contributed by atoms with Crippen molar-refractivity contribution < 1.29 is 9.53 Å². The van der Waals surface area contributed by atoms with Crippen LogP contribution in [0.15, 0.2) is 6.33 Å². The fraction of sp³-hybridized carbons (Fsp3) is 0.545. The van der Waals surface area contributed by atoms with E-state index in [1.807, 2.05) is 13.8 Å². The zero-order chi connectivity index (χ0) is 14.5. The van der Waals surface area contributed by atoms with Crippen molar-refractivity contribution in [2.45, 2.75) is 13.8 Å². The van der Waals surface area contributed by atoms with Crippen LogP contribution in [0.1, 0.15) is 13.8 Å². The number of rotatable bonds is 6. The van der Waals surface area contributed by atoms with E-state index >= 15 is 0 Å². The van der Waals surface area contributed by atoms with Gasteiger partial charge in [0.15, 0.2) is 11.6 Å². The van der Waals surface area contributed by atoms with Gasteiger partial charge in [-0.2, -0.15) is 0 Å². The number of ether oxygens (including phenoxy) is 1. The van der Waals surface area contributed by atoms with E-state index in [1.54, 1.807) is 7.05 Å². The van der Waals surface area contributed by atoms with Crippen LogP contribution in [0.5, 0.6) is 5.75 Å². The van der Waals surface area contributed by atoms with Crippen LogP contribution in [0.2, 0.25) is 0 Å². The molecule has 0 bridgehead atoms. The number of carbonyl (C=O) groups excluding carboxylic acids is 1. The summed E-state index contributed by atoms with van der Waals surface area (Å²) >= 11 is 0. The molecule has 0 unspecified atom stereocenters. The predicted molar refractivity (Wildman–Crippen MR) is 72.7 cm³/mol. The van der Waals surface area contributed by atoms with E-state index in [1.165, 1.54) is 13.4 Å². The molecule has 0 aromatic carbocycles. The Balaban J connectivity index is 2.86. The summed E-state index contributed by atoms with van der Waals surface area (Å²) in [6, 6.07) is 0. The van der Waals surface area contributed by atoms with Crippen molar-refractivity contribution in [3.8, 4) is 5.75 Å². The molecule has 106 valence electrons. The molecule has 0 saturated heterocycles. The fourth-order valence-electron chi connectivity index (χ4n) is 1.52. The second-order valence-corrected chi connectivity index (χ2v) is 4.57. The number of amides is 1. The fourth-order valence-corrected chi connectivity index (χ4v) is 1.52. The standard InChI is InChI=1S/C11H20N6O2/c1-11(2,10(18)13-3)5-14-8-7(19-4)9(17-12)16-6-15-8/h6H,5,12H2,1-4H3,(H,13,18)(H2,14,15,16,17). The Morgan fingerprint density at radius 1 is 1.42 bits per heavy atom. The first kappa shape index (κ1) is 15.0. The van der Waals surface area contributed by atoms with Crippen LogP contribution in [-0.2, 0) is 4.79 Å². The molecule has 1 aromatic rings. The van der Waals surface area contributed by atoms with Crippen molar-refractivity contribution in [3.05, 3.63) is 6.33 Å². The first-order chi connectivity index (χ1) is 8.96. The third kappa shape index (κ3) is 3.44. The van der Waals surface area contributed by atoms with Crippen LogP contribution < -0.4 is 26.6 Å². The van der Waals surface area contributed by atoms with Crippen LogP contribution >= 0.6 is 0 Å². The highest BCUT2D eigenvalue weighted by Crippen LogP contribution is 2.29. The number of nitrogen functional groups attached to an aromatic ring is 1. The van der Waals surface area contributed by atoms with E-state index in [0.717, 1.165) is 0 Å². The van der Waals surface area contributed by atoms with Gasteiger partial charge in [-0.05, 0) is 13.8 Å². The lowest BCUT2D eigenvalue weighted by molar-refractivity contribution is -0.128. The Labute approximate surface area is 112 Å². The molecule has 19 heavy (non-hydrogen) atoms. The van der Waals surface area contributed by atoms with Gasteiger partial charge < -0.3 is 20.8 Å². The number of carbonyl (C=O) groups is 1. The predicted octanol–water partition coefficient (Wildman–Crippen LogP) is -0.0451. The SMILES string of the molecule is CNC(=O)C(C)(C)CNc1ncnc(NN)c1OC. The first-order valence-corrected chi connectivity index (χ1v) is 5.78. The third-order valence-electron chi connectivity index (χ3n) is 2.68. The monoisotopic (exact) mass is 268 g/mol. The van der Waals surface area contributed by atoms with E-state index in [4.69, 9.17) is 10.6 Å². The lowest BCUT2D eigenvalue weighted by Crippen LogP contribution is -2.39. The molecule has 0 aliphatic heterocycles. The molecular formula is C11H20N6O2. The Kier molecular flexibility index (Phi) is 4.87. The molecule has 1 heterocycles. The normalized spacial score (nSPS) is 10.8. The molecule has 0 aliphatic carbocycles. The quantitative estimate of drug-likeness (QED) is 0.422. The summed E-state index contributed by atoms with van der Waals surface area (Å²) < 4.78 is 5.19. The number of methoxy groups -OCH3 is 1. The van der Waals surface area contributed by atoms with Gasteiger partial charge in [0.05, 0.1) is 12.5 Å². The van der Waals surface area contributed by atoms with Crippen molar-refractivity contribution in [3.63, 3.8) is 0 Å². The molecule has 0 atom stereocenters. The Morgan fingerprint density at radius 2 is 2.05 bits per heavy atom. The summed E-state index contributed by atoms with van der Waals surface area (Å²) in [6.07, 6.45) is 1.35. The van der Waals surface area contributed by atoms with Crippen LogP contribution in [0.25, 0.3) is 0 Å². The van der Waals surface area contributed by atoms with Gasteiger partial charge in [0, 0.05) is 13.6 Å². The topological polar surface area (TPSA) is 114 Å². The van der Waals surface area contributed by atoms with Gasteiger partial charge in [0.2, 0.25) is 11.7 Å². The van der Waals surface area contributed by atoms with Crippen molar-refractivity contribution in [1.82, 2.24) is 15.3 Å². The zero-order valence-corrected chi connectivity index (χ0v) is 11.6. The van der Waals surface area contributed by atoms with Gasteiger partial charge in [-0.25, -0.2) is 15.8 Å². The number of nitrogens with one attached hydrogen (secondary N) is 3. The van der Waals surface area contributed by atoms with E-state index in [9.17, 15) is 4.79 Å². The van der Waals surface area contributed by atoms with Crippen LogP contribution in [-0.4, -0.2) is 36.6 Å². The van der Waals surface area contributed by atoms with E-state index in [2.05, 4.69) is 26.0 Å². The summed E-state index contributed by atoms with van der Waals surface area (Å²) in [6.45, 7) is 4.05. The molecule has 1 aromatic heterocycles. The lowest BCUT2D eigenvalue weighted by atomic mass is 9.92. The highest BCUT2D eigenvalue weighted by molar-refractivity contribution is 5.82. The highest BCUT2D eigenvalue weighted by Gasteiger charge is 2.27. The Bertz CT molecular complexity index is 449. The average Bonchev–Trinajstić information content (AvgIpc) is 2.43. The van der Waals surface area contributed by atoms with Gasteiger partial charge in [-0.15, -0.1) is 0 Å². The molecule has 8 heteroatoms. The van der Waals surface area contributed by atoms with Crippen LogP contribution in [0.4, 0.5) is 11.6 Å². The minimum Gasteiger partial charge on any atom is -0.490 e. The molecule has 0 aliphatic rings. The van der Waals surface area contributed by atoms with Crippen molar-refractivity contribution in [1.29, 1.82) is 0 Å². The van der Waals surface area contributed by atoms with Crippen LogP contribution in [0, 0.1) is 5.41 Å². The minimum absolute atomic E-state index is 0.0646. The largest absolute Gasteiger partial charge is 0.490 e. The summed E-state index contributed by atoms with van der Waals surface area (Å²) in [5.74, 6) is 6.52. The van der Waals surface area contributed by atoms with Crippen molar-refractivity contribution in [2.75, 3.05) is 31.4 Å². The number of anilines is 2. The first-order valence-electron chi connectivity index (χ1n) is 5.78. The molecule has 1 amide bonds. The van der Waals surface area contributed by atoms with Gasteiger partial charge >= 0.3 is 0 Å². The molecule has 0 spiro atoms. The van der Waals surface area contributed by atoms with Crippen molar-refractivity contribution in [2.24, 2.45) is 11.3 Å². The second kappa shape index (κ2) is 6.19. The number of nitrogens with zero attached hydrogens (tertiary/aromatic N) is 2. The Hall–Kier alpha value is -2.09. The van der Waals surface area contributed by atoms with E-state index in [-0.39, 0.29) is 5.91 Å². The molecule has 1 rings (SSSR count). The van der Waals surface area contributed by atoms with Gasteiger partial charge in [-0.3, -0.25) is 4.79 Å². The summed E-state index contributed by atoms with van der Waals surface area (Å²) in [4.78, 5) is 19.7. The number of hydrazine groups is 1. The van der Waals surface area contributed by atoms with E-state index < -0.39 is 5.41 Å². The minimum atomic E-state index is -0.582. The molecule has 0 saturated carbocycles. The maximum Gasteiger partial charge on any atom is 0.227 e. The summed E-state index contributed by atoms with van der Waals surface area (Å²) in [5, 5.41) is 5.68. The number of nitrogens with two attached hydrogens (primary N) is 1. The molecular weight excluding hydrogens is 248 g/mol. The zero-order valence-electron chi connectivity index (χ0n) is 11.6. The van der Waals surface area contributed by atoms with Gasteiger partial charge in [-0.1, -0.05) is 0 Å². The van der Waals surface area contributed by atoms with Gasteiger partial charge in [0.25, 0.3) is 0 Å². The van der Waals surface area contributed by atoms with Gasteiger partial charge in [0.1, 0.15) is 6.33 Å². The van der Waals surface area contributed by atoms with Crippen molar-refractivity contribution >= 4 is 17.5 Å². The van der Waals surface area contributed by atoms with Crippen LogP contribution in [0.3, 0.4) is 0 Å². The molecule has 5 N–H and O–H groups in total. The average molecular weight is 268 g/mol. The second-order valence-electron chi connectivity index (χ2n) is 4.57.